The van der Waals surface area contributed by atoms with Crippen LogP contribution in [0, 0.1) is 6.85 Å². The van der Waals surface area contributed by atoms with Crippen molar-refractivity contribution in [3.8, 4) is 50.8 Å². The Labute approximate surface area is 291 Å². The lowest BCUT2D eigenvalue weighted by Gasteiger charge is -2.20. The second-order valence-corrected chi connectivity index (χ2v) is 13.4. The molecular formula is C45H37N3O. The number of para-hydroxylation sites is 1. The summed E-state index contributed by atoms with van der Waals surface area (Å²) in [5.41, 5.74) is 8.54. The maximum atomic E-state index is 8.24. The zero-order valence-electron chi connectivity index (χ0n) is 30.7. The summed E-state index contributed by atoms with van der Waals surface area (Å²) >= 11 is 0. The highest BCUT2D eigenvalue weighted by atomic mass is 16.5. The van der Waals surface area contributed by atoms with Gasteiger partial charge in [-0.2, -0.15) is 0 Å². The molecule has 0 amide bonds. The van der Waals surface area contributed by atoms with Gasteiger partial charge in [-0.15, -0.1) is 0 Å². The number of rotatable bonds is 6. The Morgan fingerprint density at radius 1 is 0.592 bits per heavy atom. The van der Waals surface area contributed by atoms with E-state index in [1.54, 1.807) is 0 Å². The fraction of sp³-hybridized carbons (Fsp3) is 0.111. The monoisotopic (exact) mass is 638 g/mol. The number of pyridine rings is 2. The van der Waals surface area contributed by atoms with E-state index in [0.29, 0.717) is 22.8 Å². The van der Waals surface area contributed by atoms with Gasteiger partial charge in [-0.1, -0.05) is 106 Å². The second-order valence-electron chi connectivity index (χ2n) is 13.4. The van der Waals surface area contributed by atoms with Crippen LogP contribution in [-0.2, 0) is 5.41 Å². The van der Waals surface area contributed by atoms with E-state index in [0.717, 1.165) is 49.9 Å². The summed E-state index contributed by atoms with van der Waals surface area (Å²) in [6, 6.07) is 46.5. The zero-order valence-corrected chi connectivity index (χ0v) is 27.7. The maximum Gasteiger partial charge on any atom is 0.137 e. The van der Waals surface area contributed by atoms with Crippen LogP contribution in [0.15, 0.2) is 152 Å². The van der Waals surface area contributed by atoms with E-state index in [1.165, 1.54) is 11.8 Å². The fourth-order valence-electron chi connectivity index (χ4n) is 6.45. The molecule has 0 N–H and O–H groups in total. The summed E-state index contributed by atoms with van der Waals surface area (Å²) in [6.07, 6.45) is 3.36. The van der Waals surface area contributed by atoms with Crippen LogP contribution in [0.5, 0.6) is 11.5 Å². The molecule has 8 aromatic rings. The third-order valence-electron chi connectivity index (χ3n) is 9.06. The molecule has 0 atom stereocenters. The topological polar surface area (TPSA) is 39.9 Å². The molecule has 0 aliphatic rings. The van der Waals surface area contributed by atoms with Gasteiger partial charge in [0.15, 0.2) is 0 Å². The lowest BCUT2D eigenvalue weighted by atomic mass is 9.88. The molecule has 0 unspecified atom stereocenters. The van der Waals surface area contributed by atoms with Crippen molar-refractivity contribution in [2.24, 2.45) is 0 Å². The summed E-state index contributed by atoms with van der Waals surface area (Å²) in [5, 5.41) is 2.26. The van der Waals surface area contributed by atoms with Crippen LogP contribution >= 0.6 is 0 Å². The number of benzene rings is 5. The molecule has 0 saturated heterocycles. The fourth-order valence-corrected chi connectivity index (χ4v) is 6.45. The predicted octanol–water partition coefficient (Wildman–Crippen LogP) is 12.0. The average Bonchev–Trinajstić information content (AvgIpc) is 3.48. The first kappa shape index (κ1) is 27.0. The van der Waals surface area contributed by atoms with Crippen molar-refractivity contribution in [2.75, 3.05) is 0 Å². The molecular weight excluding hydrogens is 599 g/mol. The second kappa shape index (κ2) is 12.2. The van der Waals surface area contributed by atoms with Gasteiger partial charge in [0.05, 0.1) is 16.7 Å². The van der Waals surface area contributed by atoms with Crippen molar-refractivity contribution >= 4 is 21.8 Å². The molecule has 238 valence electrons. The number of fused-ring (bicyclic) bond motifs is 3. The summed E-state index contributed by atoms with van der Waals surface area (Å²) in [7, 11) is 0. The molecule has 4 heteroatoms. The Bertz CT molecular complexity index is 2570. The molecule has 3 aromatic heterocycles. The summed E-state index contributed by atoms with van der Waals surface area (Å²) < 4.78 is 33.4. The molecule has 0 saturated carbocycles. The van der Waals surface area contributed by atoms with Crippen molar-refractivity contribution in [1.82, 2.24) is 14.5 Å². The van der Waals surface area contributed by atoms with Crippen LogP contribution in [0.3, 0.4) is 0 Å². The number of hydrogen-bond donors (Lipinski definition) is 0. The van der Waals surface area contributed by atoms with E-state index in [-0.39, 0.29) is 11.0 Å². The lowest BCUT2D eigenvalue weighted by Crippen LogP contribution is -2.12. The van der Waals surface area contributed by atoms with E-state index >= 15 is 0 Å². The highest BCUT2D eigenvalue weighted by Crippen LogP contribution is 2.37. The number of aryl methyl sites for hydroxylation is 1. The minimum atomic E-state index is -2.32. The molecule has 0 fully saturated rings. The molecule has 4 nitrogen and oxygen atoms in total. The number of hydrogen-bond acceptors (Lipinski definition) is 3. The van der Waals surface area contributed by atoms with Crippen LogP contribution in [0.25, 0.3) is 61.1 Å². The number of ether oxygens (including phenoxy) is 1. The van der Waals surface area contributed by atoms with Crippen LogP contribution in [-0.4, -0.2) is 14.5 Å². The van der Waals surface area contributed by atoms with Gasteiger partial charge in [0, 0.05) is 38.9 Å². The normalized spacial score (nSPS) is 12.8. The van der Waals surface area contributed by atoms with Gasteiger partial charge in [0.1, 0.15) is 17.3 Å². The van der Waals surface area contributed by atoms with Crippen molar-refractivity contribution in [1.29, 1.82) is 0 Å². The third-order valence-corrected chi connectivity index (χ3v) is 9.06. The molecule has 3 heterocycles. The Morgan fingerprint density at radius 2 is 1.31 bits per heavy atom. The van der Waals surface area contributed by atoms with Gasteiger partial charge < -0.3 is 4.74 Å². The molecule has 5 aromatic carbocycles. The first-order chi connectivity index (χ1) is 25.0. The quantitative estimate of drug-likeness (QED) is 0.182. The number of aromatic nitrogens is 3. The molecule has 0 aliphatic heterocycles. The maximum absolute atomic E-state index is 8.24. The van der Waals surface area contributed by atoms with Crippen LogP contribution < -0.4 is 4.74 Å². The standard InChI is InChI=1S/C45H37N3O/c1-30-29-47-41(28-40(30)33-19-17-32(18-20-33)31-11-6-5-7-12-31)34-13-10-14-36(25-34)49-37-21-22-39-38-15-8-9-16-42(38)48(43(39)27-37)44-26-35(23-24-46-44)45(2,3)4/h5-29H,1-4H3/i1D3. The van der Waals surface area contributed by atoms with Crippen molar-refractivity contribution in [3.05, 3.63) is 163 Å². The Morgan fingerprint density at radius 3 is 2.12 bits per heavy atom. The lowest BCUT2D eigenvalue weighted by molar-refractivity contribution is 0.483. The summed E-state index contributed by atoms with van der Waals surface area (Å²) in [6.45, 7) is 4.30. The first-order valence-electron chi connectivity index (χ1n) is 18.0. The SMILES string of the molecule is [2H]C([2H])([2H])c1cnc(-c2cccc(Oc3ccc4c5ccccc5n(-c5cc(C(C)(C)C)ccn5)c4c3)c2)cc1-c1ccc(-c2ccccc2)cc1. The van der Waals surface area contributed by atoms with E-state index < -0.39 is 6.85 Å². The van der Waals surface area contributed by atoms with E-state index in [2.05, 4.69) is 91.0 Å². The van der Waals surface area contributed by atoms with Gasteiger partial charge in [-0.3, -0.25) is 9.55 Å². The minimum Gasteiger partial charge on any atom is -0.457 e. The van der Waals surface area contributed by atoms with Crippen LogP contribution in [0.2, 0.25) is 0 Å². The van der Waals surface area contributed by atoms with Gasteiger partial charge >= 0.3 is 0 Å². The Hall–Kier alpha value is -6.00. The molecule has 0 aliphatic carbocycles. The summed E-state index contributed by atoms with van der Waals surface area (Å²) in [4.78, 5) is 9.43. The van der Waals surface area contributed by atoms with Gasteiger partial charge in [-0.25, -0.2) is 4.98 Å². The van der Waals surface area contributed by atoms with E-state index in [4.69, 9.17) is 13.8 Å². The Kier molecular flexibility index (Phi) is 6.74. The van der Waals surface area contributed by atoms with E-state index in [1.807, 2.05) is 85.1 Å². The van der Waals surface area contributed by atoms with Crippen molar-refractivity contribution < 1.29 is 8.85 Å². The molecule has 0 spiro atoms. The number of nitrogens with zero attached hydrogens (tertiary/aromatic N) is 3. The Balaban J connectivity index is 1.15. The minimum absolute atomic E-state index is 0.0224. The average molecular weight is 639 g/mol. The van der Waals surface area contributed by atoms with Gasteiger partial charge in [0.2, 0.25) is 0 Å². The van der Waals surface area contributed by atoms with Gasteiger partial charge in [-0.05, 0) is 94.2 Å². The largest absolute Gasteiger partial charge is 0.457 e. The first-order valence-corrected chi connectivity index (χ1v) is 16.5. The highest BCUT2D eigenvalue weighted by Gasteiger charge is 2.18. The zero-order chi connectivity index (χ0) is 36.0. The molecule has 0 radical (unpaired) electrons. The molecule has 8 rings (SSSR count). The van der Waals surface area contributed by atoms with Crippen molar-refractivity contribution in [3.63, 3.8) is 0 Å². The van der Waals surface area contributed by atoms with Crippen LogP contribution in [0.1, 0.15) is 36.0 Å². The van der Waals surface area contributed by atoms with Crippen LogP contribution in [0.4, 0.5) is 0 Å². The smallest absolute Gasteiger partial charge is 0.137 e. The predicted molar refractivity (Wildman–Crippen MR) is 203 cm³/mol. The third kappa shape index (κ3) is 5.87. The van der Waals surface area contributed by atoms with Gasteiger partial charge in [0.25, 0.3) is 0 Å². The molecule has 49 heavy (non-hydrogen) atoms. The van der Waals surface area contributed by atoms with E-state index in [9.17, 15) is 0 Å². The molecule has 0 bridgehead atoms. The van der Waals surface area contributed by atoms with Crippen molar-refractivity contribution in [2.45, 2.75) is 33.0 Å². The highest BCUT2D eigenvalue weighted by molar-refractivity contribution is 6.09. The summed E-state index contributed by atoms with van der Waals surface area (Å²) in [5.74, 6) is 2.18.